The van der Waals surface area contributed by atoms with Gasteiger partial charge in [-0.1, -0.05) is 6.92 Å². The van der Waals surface area contributed by atoms with Crippen LogP contribution in [0.1, 0.15) is 31.5 Å². The number of nitrogens with one attached hydrogen (secondary N) is 1. The molecule has 0 aromatic carbocycles. The summed E-state index contributed by atoms with van der Waals surface area (Å²) >= 11 is 0. The van der Waals surface area contributed by atoms with Gasteiger partial charge in [-0.2, -0.15) is 0 Å². The largest absolute Gasteiger partial charge is 0.368 e. The molecule has 29 heavy (non-hydrogen) atoms. The van der Waals surface area contributed by atoms with E-state index in [4.69, 9.17) is 5.73 Å². The Hall–Kier alpha value is -3.23. The second-order valence-electron chi connectivity index (χ2n) is 7.29. The third-order valence-electron chi connectivity index (χ3n) is 4.61. The quantitative estimate of drug-likeness (QED) is 0.627. The van der Waals surface area contributed by atoms with Crippen LogP contribution in [-0.2, 0) is 5.41 Å². The number of rotatable bonds is 7. The first-order valence-electron chi connectivity index (χ1n) is 9.19. The molecule has 0 spiro atoms. The number of alkyl halides is 1. The molecular formula is C20H23F2N7. The van der Waals surface area contributed by atoms with Crippen molar-refractivity contribution in [3.63, 3.8) is 0 Å². The molecule has 3 rings (SSSR count). The van der Waals surface area contributed by atoms with Gasteiger partial charge in [0, 0.05) is 42.3 Å². The predicted octanol–water partition coefficient (Wildman–Crippen LogP) is 3.48. The number of anilines is 2. The van der Waals surface area contributed by atoms with Crippen molar-refractivity contribution in [2.45, 2.75) is 38.8 Å². The van der Waals surface area contributed by atoms with E-state index in [2.05, 4.69) is 30.2 Å². The standard InChI is InChI=1S/C20H23F2N7/c1-12-8-25-18(23)29-16(12)14-9-26-19(27-10-14)28-11-20(3,7-13(2)21)17-15(22)5-4-6-24-17/h4-6,8-10,13H,7,11H2,1-3H3,(H2,23,25,29)(H,26,27,28)/t13-,20-/m1/s1. The van der Waals surface area contributed by atoms with E-state index in [1.807, 2.05) is 6.92 Å². The lowest BCUT2D eigenvalue weighted by molar-refractivity contribution is 0.267. The zero-order chi connectivity index (χ0) is 21.0. The molecule has 3 N–H and O–H groups in total. The summed E-state index contributed by atoms with van der Waals surface area (Å²) in [5.41, 5.74) is 7.18. The summed E-state index contributed by atoms with van der Waals surface area (Å²) in [5, 5.41) is 3.07. The molecule has 0 unspecified atom stereocenters. The van der Waals surface area contributed by atoms with E-state index < -0.39 is 17.4 Å². The van der Waals surface area contributed by atoms with Crippen LogP contribution in [0.2, 0.25) is 0 Å². The highest BCUT2D eigenvalue weighted by molar-refractivity contribution is 5.62. The monoisotopic (exact) mass is 399 g/mol. The molecule has 0 saturated carbocycles. The van der Waals surface area contributed by atoms with Gasteiger partial charge in [-0.15, -0.1) is 0 Å². The summed E-state index contributed by atoms with van der Waals surface area (Å²) in [4.78, 5) is 20.9. The number of hydrogen-bond donors (Lipinski definition) is 2. The van der Waals surface area contributed by atoms with E-state index in [1.54, 1.807) is 25.5 Å². The van der Waals surface area contributed by atoms with Crippen molar-refractivity contribution in [3.05, 3.63) is 54.0 Å². The van der Waals surface area contributed by atoms with Gasteiger partial charge in [0.1, 0.15) is 5.82 Å². The molecule has 3 heterocycles. The zero-order valence-electron chi connectivity index (χ0n) is 16.5. The molecule has 3 aromatic rings. The molecule has 0 aliphatic carbocycles. The Morgan fingerprint density at radius 2 is 1.90 bits per heavy atom. The number of nitrogen functional groups attached to an aromatic ring is 1. The lowest BCUT2D eigenvalue weighted by Gasteiger charge is -2.30. The minimum Gasteiger partial charge on any atom is -0.368 e. The van der Waals surface area contributed by atoms with E-state index in [1.165, 1.54) is 25.3 Å². The topological polar surface area (TPSA) is 102 Å². The van der Waals surface area contributed by atoms with Gasteiger partial charge < -0.3 is 11.1 Å². The highest BCUT2D eigenvalue weighted by Crippen LogP contribution is 2.30. The Morgan fingerprint density at radius 1 is 1.17 bits per heavy atom. The van der Waals surface area contributed by atoms with Crippen molar-refractivity contribution in [2.75, 3.05) is 17.6 Å². The summed E-state index contributed by atoms with van der Waals surface area (Å²) in [7, 11) is 0. The maximum absolute atomic E-state index is 14.3. The highest BCUT2D eigenvalue weighted by atomic mass is 19.1. The molecule has 0 radical (unpaired) electrons. The van der Waals surface area contributed by atoms with Gasteiger partial charge in [-0.05, 0) is 38.0 Å². The van der Waals surface area contributed by atoms with Gasteiger partial charge >= 0.3 is 0 Å². The Kier molecular flexibility index (Phi) is 5.95. The summed E-state index contributed by atoms with van der Waals surface area (Å²) in [6, 6.07) is 2.83. The summed E-state index contributed by atoms with van der Waals surface area (Å²) < 4.78 is 28.1. The Bertz CT molecular complexity index is 979. The fraction of sp³-hybridized carbons (Fsp3) is 0.350. The Labute approximate surface area is 167 Å². The van der Waals surface area contributed by atoms with Gasteiger partial charge in [-0.25, -0.2) is 28.7 Å². The summed E-state index contributed by atoms with van der Waals surface area (Å²) in [6.07, 6.45) is 5.33. The number of pyridine rings is 1. The molecule has 3 aromatic heterocycles. The van der Waals surface area contributed by atoms with Crippen LogP contribution < -0.4 is 11.1 Å². The van der Waals surface area contributed by atoms with Crippen LogP contribution in [0.3, 0.4) is 0 Å². The molecule has 0 saturated heterocycles. The Morgan fingerprint density at radius 3 is 2.55 bits per heavy atom. The van der Waals surface area contributed by atoms with Gasteiger partial charge in [0.15, 0.2) is 0 Å². The van der Waals surface area contributed by atoms with Crippen molar-refractivity contribution in [3.8, 4) is 11.3 Å². The molecule has 0 fully saturated rings. The predicted molar refractivity (Wildman–Crippen MR) is 107 cm³/mol. The highest BCUT2D eigenvalue weighted by Gasteiger charge is 2.33. The fourth-order valence-corrected chi connectivity index (χ4v) is 3.27. The van der Waals surface area contributed by atoms with E-state index >= 15 is 0 Å². The second-order valence-corrected chi connectivity index (χ2v) is 7.29. The molecule has 0 aliphatic rings. The minimum absolute atomic E-state index is 0.103. The van der Waals surface area contributed by atoms with Crippen molar-refractivity contribution in [1.29, 1.82) is 0 Å². The van der Waals surface area contributed by atoms with Gasteiger partial charge in [0.05, 0.1) is 17.6 Å². The van der Waals surface area contributed by atoms with Gasteiger partial charge in [0.2, 0.25) is 11.9 Å². The third kappa shape index (κ3) is 4.79. The third-order valence-corrected chi connectivity index (χ3v) is 4.61. The first-order chi connectivity index (χ1) is 13.8. The minimum atomic E-state index is -1.13. The first-order valence-corrected chi connectivity index (χ1v) is 9.19. The van der Waals surface area contributed by atoms with Crippen LogP contribution in [0.5, 0.6) is 0 Å². The average molecular weight is 399 g/mol. The Balaban J connectivity index is 1.80. The summed E-state index contributed by atoms with van der Waals surface area (Å²) in [6.45, 7) is 5.29. The number of halogens is 2. The van der Waals surface area contributed by atoms with Crippen molar-refractivity contribution >= 4 is 11.9 Å². The lowest BCUT2D eigenvalue weighted by atomic mass is 9.81. The van der Waals surface area contributed by atoms with E-state index in [0.29, 0.717) is 17.2 Å². The molecule has 0 bridgehead atoms. The lowest BCUT2D eigenvalue weighted by Crippen LogP contribution is -2.36. The number of nitrogens with zero attached hydrogens (tertiary/aromatic N) is 5. The van der Waals surface area contributed by atoms with E-state index in [0.717, 1.165) is 5.56 Å². The number of aryl methyl sites for hydroxylation is 1. The normalized spacial score (nSPS) is 14.2. The SMILES string of the molecule is Cc1cnc(N)nc1-c1cnc(NC[C@@](C)(C[C@@H](C)F)c2ncccc2F)nc1. The van der Waals surface area contributed by atoms with Crippen molar-refractivity contribution in [1.82, 2.24) is 24.9 Å². The molecular weight excluding hydrogens is 376 g/mol. The van der Waals surface area contributed by atoms with Crippen molar-refractivity contribution in [2.24, 2.45) is 0 Å². The van der Waals surface area contributed by atoms with E-state index in [-0.39, 0.29) is 24.6 Å². The fourth-order valence-electron chi connectivity index (χ4n) is 3.27. The number of aromatic nitrogens is 5. The number of hydrogen-bond acceptors (Lipinski definition) is 7. The second kappa shape index (κ2) is 8.42. The van der Waals surface area contributed by atoms with Gasteiger partial charge in [-0.3, -0.25) is 4.98 Å². The maximum atomic E-state index is 14.3. The molecule has 2 atom stereocenters. The molecule has 7 nitrogen and oxygen atoms in total. The first kappa shape index (κ1) is 20.5. The van der Waals surface area contributed by atoms with Crippen LogP contribution in [0.15, 0.2) is 36.9 Å². The maximum Gasteiger partial charge on any atom is 0.222 e. The smallest absolute Gasteiger partial charge is 0.222 e. The summed E-state index contributed by atoms with van der Waals surface area (Å²) in [5.74, 6) is 0.0364. The van der Waals surface area contributed by atoms with Crippen LogP contribution in [-0.4, -0.2) is 37.6 Å². The molecule has 152 valence electrons. The zero-order valence-corrected chi connectivity index (χ0v) is 16.5. The molecule has 9 heteroatoms. The van der Waals surface area contributed by atoms with E-state index in [9.17, 15) is 8.78 Å². The van der Waals surface area contributed by atoms with Crippen LogP contribution in [0, 0.1) is 12.7 Å². The number of nitrogens with two attached hydrogens (primary N) is 1. The average Bonchev–Trinajstić information content (AvgIpc) is 2.68. The molecule has 0 aliphatic heterocycles. The van der Waals surface area contributed by atoms with Crippen LogP contribution in [0.25, 0.3) is 11.3 Å². The van der Waals surface area contributed by atoms with Gasteiger partial charge in [0.25, 0.3) is 0 Å². The van der Waals surface area contributed by atoms with Crippen LogP contribution in [0.4, 0.5) is 20.7 Å². The molecule has 0 amide bonds. The van der Waals surface area contributed by atoms with Crippen molar-refractivity contribution < 1.29 is 8.78 Å². The van der Waals surface area contributed by atoms with Crippen LogP contribution >= 0.6 is 0 Å².